The Labute approximate surface area is 91.8 Å². The summed E-state index contributed by atoms with van der Waals surface area (Å²) in [5, 5.41) is 2.95. The fourth-order valence-electron chi connectivity index (χ4n) is 1.03. The predicted octanol–water partition coefficient (Wildman–Crippen LogP) is -0.511. The van der Waals surface area contributed by atoms with Crippen molar-refractivity contribution in [1.29, 1.82) is 0 Å². The molecule has 1 N–H and O–H groups in total. The van der Waals surface area contributed by atoms with Crippen molar-refractivity contribution in [2.75, 3.05) is 39.2 Å². The van der Waals surface area contributed by atoms with Crippen LogP contribution in [0.3, 0.4) is 0 Å². The van der Waals surface area contributed by atoms with Crippen molar-refractivity contribution in [1.82, 2.24) is 10.2 Å². The van der Waals surface area contributed by atoms with E-state index in [0.717, 1.165) is 13.0 Å². The van der Waals surface area contributed by atoms with Crippen molar-refractivity contribution in [3.63, 3.8) is 0 Å². The minimum atomic E-state index is -2.98. The molecular weight excluding hydrogens is 216 g/mol. The lowest BCUT2D eigenvalue weighted by molar-refractivity contribution is -0.129. The second-order valence-electron chi connectivity index (χ2n) is 3.65. The van der Waals surface area contributed by atoms with Crippen molar-refractivity contribution in [3.05, 3.63) is 0 Å². The molecule has 0 radical (unpaired) electrons. The highest BCUT2D eigenvalue weighted by molar-refractivity contribution is 7.90. The normalized spacial score (nSPS) is 11.4. The number of carbonyl (C=O) groups is 1. The summed E-state index contributed by atoms with van der Waals surface area (Å²) in [4.78, 5) is 12.9. The van der Waals surface area contributed by atoms with Gasteiger partial charge in [0.2, 0.25) is 5.91 Å². The van der Waals surface area contributed by atoms with E-state index in [1.165, 1.54) is 11.2 Å². The van der Waals surface area contributed by atoms with Gasteiger partial charge in [0.1, 0.15) is 9.84 Å². The first-order valence-electron chi connectivity index (χ1n) is 4.93. The molecule has 15 heavy (non-hydrogen) atoms. The lowest BCUT2D eigenvalue weighted by Crippen LogP contribution is -2.31. The Kier molecular flexibility index (Phi) is 6.51. The standard InChI is InChI=1S/C9H20N2O3S/c1-10-6-4-5-9(12)11(2)7-8-15(3,13)14/h10H,4-8H2,1-3H3. The Morgan fingerprint density at radius 2 is 2.00 bits per heavy atom. The van der Waals surface area contributed by atoms with Crippen molar-refractivity contribution in [2.45, 2.75) is 12.8 Å². The number of rotatable bonds is 7. The van der Waals surface area contributed by atoms with Crippen molar-refractivity contribution in [3.8, 4) is 0 Å². The number of nitrogens with zero attached hydrogens (tertiary/aromatic N) is 1. The summed E-state index contributed by atoms with van der Waals surface area (Å²) >= 11 is 0. The first-order valence-corrected chi connectivity index (χ1v) is 6.99. The van der Waals surface area contributed by atoms with Crippen molar-refractivity contribution < 1.29 is 13.2 Å². The quantitative estimate of drug-likeness (QED) is 0.605. The molecule has 0 fully saturated rings. The van der Waals surface area contributed by atoms with Gasteiger partial charge in [-0.3, -0.25) is 4.79 Å². The molecule has 0 unspecified atom stereocenters. The highest BCUT2D eigenvalue weighted by Gasteiger charge is 2.10. The van der Waals surface area contributed by atoms with E-state index in [2.05, 4.69) is 5.32 Å². The van der Waals surface area contributed by atoms with E-state index in [0.29, 0.717) is 6.42 Å². The first kappa shape index (κ1) is 14.4. The Bertz CT molecular complexity index is 288. The van der Waals surface area contributed by atoms with Crippen LogP contribution < -0.4 is 5.32 Å². The summed E-state index contributed by atoms with van der Waals surface area (Å²) in [5.41, 5.74) is 0. The van der Waals surface area contributed by atoms with E-state index < -0.39 is 9.84 Å². The summed E-state index contributed by atoms with van der Waals surface area (Å²) in [6.45, 7) is 1.07. The third-order valence-corrected chi connectivity index (χ3v) is 2.96. The van der Waals surface area contributed by atoms with Gasteiger partial charge in [-0.15, -0.1) is 0 Å². The van der Waals surface area contributed by atoms with Gasteiger partial charge >= 0.3 is 0 Å². The van der Waals surface area contributed by atoms with Crippen molar-refractivity contribution >= 4 is 15.7 Å². The molecule has 0 spiro atoms. The first-order chi connectivity index (χ1) is 6.87. The molecule has 0 saturated heterocycles. The largest absolute Gasteiger partial charge is 0.345 e. The molecule has 5 nitrogen and oxygen atoms in total. The molecule has 0 aliphatic carbocycles. The second kappa shape index (κ2) is 6.79. The van der Waals surface area contributed by atoms with Crippen LogP contribution in [0.2, 0.25) is 0 Å². The van der Waals surface area contributed by atoms with E-state index >= 15 is 0 Å². The SMILES string of the molecule is CNCCCC(=O)N(C)CCS(C)(=O)=O. The van der Waals surface area contributed by atoms with E-state index in [1.807, 2.05) is 7.05 Å². The number of amides is 1. The highest BCUT2D eigenvalue weighted by atomic mass is 32.2. The maximum atomic E-state index is 11.4. The van der Waals surface area contributed by atoms with Crippen molar-refractivity contribution in [2.24, 2.45) is 0 Å². The summed E-state index contributed by atoms with van der Waals surface area (Å²) in [7, 11) is 0.479. The molecule has 6 heteroatoms. The van der Waals surface area contributed by atoms with Gasteiger partial charge in [-0.05, 0) is 20.0 Å². The van der Waals surface area contributed by atoms with Crippen LogP contribution in [-0.4, -0.2) is 58.4 Å². The average Bonchev–Trinajstić information content (AvgIpc) is 2.13. The molecule has 0 aromatic rings. The van der Waals surface area contributed by atoms with Gasteiger partial charge in [-0.25, -0.2) is 8.42 Å². The third kappa shape index (κ3) is 8.38. The van der Waals surface area contributed by atoms with Crippen LogP contribution in [0.25, 0.3) is 0 Å². The molecule has 0 aliphatic heterocycles. The van der Waals surface area contributed by atoms with Gasteiger partial charge in [-0.1, -0.05) is 0 Å². The molecule has 0 atom stereocenters. The summed E-state index contributed by atoms with van der Waals surface area (Å²) in [5.74, 6) is 0.0234. The minimum absolute atomic E-state index is 0.00565. The second-order valence-corrected chi connectivity index (χ2v) is 5.91. The van der Waals surface area contributed by atoms with Crippen LogP contribution in [0, 0.1) is 0 Å². The zero-order valence-electron chi connectivity index (χ0n) is 9.62. The van der Waals surface area contributed by atoms with Gasteiger partial charge in [0, 0.05) is 26.3 Å². The average molecular weight is 236 g/mol. The topological polar surface area (TPSA) is 66.5 Å². The lowest BCUT2D eigenvalue weighted by atomic mass is 10.3. The van der Waals surface area contributed by atoms with Crippen LogP contribution in [0.1, 0.15) is 12.8 Å². The minimum Gasteiger partial charge on any atom is -0.345 e. The van der Waals surface area contributed by atoms with Gasteiger partial charge in [0.05, 0.1) is 5.75 Å². The predicted molar refractivity (Wildman–Crippen MR) is 60.5 cm³/mol. The van der Waals surface area contributed by atoms with Crippen LogP contribution in [0.5, 0.6) is 0 Å². The monoisotopic (exact) mass is 236 g/mol. The molecule has 0 aromatic heterocycles. The number of nitrogens with one attached hydrogen (secondary N) is 1. The maximum absolute atomic E-state index is 11.4. The van der Waals surface area contributed by atoms with Gasteiger partial charge < -0.3 is 10.2 Å². The number of carbonyl (C=O) groups excluding carboxylic acids is 1. The summed E-state index contributed by atoms with van der Waals surface area (Å²) < 4.78 is 21.7. The Hall–Kier alpha value is -0.620. The zero-order valence-corrected chi connectivity index (χ0v) is 10.4. The maximum Gasteiger partial charge on any atom is 0.222 e. The zero-order chi connectivity index (χ0) is 11.9. The van der Waals surface area contributed by atoms with Crippen LogP contribution in [0.4, 0.5) is 0 Å². The molecule has 0 aliphatic rings. The highest BCUT2D eigenvalue weighted by Crippen LogP contribution is 1.95. The fraction of sp³-hybridized carbons (Fsp3) is 0.889. The number of hydrogen-bond donors (Lipinski definition) is 1. The molecule has 0 aromatic carbocycles. The lowest BCUT2D eigenvalue weighted by Gasteiger charge is -2.16. The van der Waals surface area contributed by atoms with E-state index in [4.69, 9.17) is 0 Å². The summed E-state index contributed by atoms with van der Waals surface area (Å²) in [6, 6.07) is 0. The molecule has 0 bridgehead atoms. The van der Waals surface area contributed by atoms with Gasteiger partial charge in [0.25, 0.3) is 0 Å². The van der Waals surface area contributed by atoms with Gasteiger partial charge in [0.15, 0.2) is 0 Å². The molecule has 0 heterocycles. The van der Waals surface area contributed by atoms with E-state index in [1.54, 1.807) is 7.05 Å². The van der Waals surface area contributed by atoms with Gasteiger partial charge in [-0.2, -0.15) is 0 Å². The van der Waals surface area contributed by atoms with Crippen LogP contribution >= 0.6 is 0 Å². The third-order valence-electron chi connectivity index (χ3n) is 2.04. The van der Waals surface area contributed by atoms with Crippen LogP contribution in [-0.2, 0) is 14.6 Å². The Balaban J connectivity index is 3.79. The summed E-state index contributed by atoms with van der Waals surface area (Å²) in [6.07, 6.45) is 2.41. The Morgan fingerprint density at radius 3 is 2.47 bits per heavy atom. The number of sulfone groups is 1. The van der Waals surface area contributed by atoms with E-state index in [9.17, 15) is 13.2 Å². The number of hydrogen-bond acceptors (Lipinski definition) is 4. The fourth-order valence-corrected chi connectivity index (χ4v) is 1.64. The Morgan fingerprint density at radius 1 is 1.40 bits per heavy atom. The van der Waals surface area contributed by atoms with E-state index in [-0.39, 0.29) is 18.2 Å². The molecule has 1 amide bonds. The van der Waals surface area contributed by atoms with Crippen LogP contribution in [0.15, 0.2) is 0 Å². The molecule has 90 valence electrons. The molecular formula is C9H20N2O3S. The molecule has 0 rings (SSSR count). The smallest absolute Gasteiger partial charge is 0.222 e. The molecule has 0 saturated carbocycles.